The van der Waals surface area contributed by atoms with Crippen LogP contribution in [0.5, 0.6) is 0 Å². The maximum atomic E-state index is 12.6. The Hall–Kier alpha value is -1.11. The highest BCUT2D eigenvalue weighted by Crippen LogP contribution is 2.25. The Morgan fingerprint density at radius 1 is 1.19 bits per heavy atom. The summed E-state index contributed by atoms with van der Waals surface area (Å²) in [4.78, 5) is 26.2. The summed E-state index contributed by atoms with van der Waals surface area (Å²) in [6, 6.07) is -1.19. The second-order valence-electron chi connectivity index (χ2n) is 6.50. The fourth-order valence-electron chi connectivity index (χ4n) is 2.40. The zero-order valence-electron chi connectivity index (χ0n) is 13.5. The number of hydrogen-bond donors (Lipinski definition) is 1. The number of sulfone groups is 1. The topological polar surface area (TPSA) is 83.6 Å². The minimum Gasteiger partial charge on any atom is -0.342 e. The summed E-state index contributed by atoms with van der Waals surface area (Å²) < 4.78 is 23.3. The number of amides is 2. The Labute approximate surface area is 127 Å². The number of carbonyl (C=O) groups excluding carboxylic acids is 2. The molecule has 6 nitrogen and oxygen atoms in total. The highest BCUT2D eigenvalue weighted by molar-refractivity contribution is 7.91. The Morgan fingerprint density at radius 3 is 2.19 bits per heavy atom. The Morgan fingerprint density at radius 2 is 1.76 bits per heavy atom. The summed E-state index contributed by atoms with van der Waals surface area (Å²) in [5.74, 6) is -0.456. The monoisotopic (exact) mass is 318 g/mol. The minimum absolute atomic E-state index is 0.0424. The molecule has 1 heterocycles. The van der Waals surface area contributed by atoms with Gasteiger partial charge in [-0.1, -0.05) is 34.6 Å². The first-order chi connectivity index (χ1) is 9.53. The van der Waals surface area contributed by atoms with Crippen LogP contribution in [0.2, 0.25) is 0 Å². The first kappa shape index (κ1) is 17.9. The van der Waals surface area contributed by atoms with Crippen molar-refractivity contribution in [2.24, 2.45) is 5.41 Å². The molecule has 1 saturated heterocycles. The van der Waals surface area contributed by atoms with Gasteiger partial charge < -0.3 is 10.2 Å². The van der Waals surface area contributed by atoms with Crippen molar-refractivity contribution in [2.45, 2.75) is 53.1 Å². The molecule has 0 saturated carbocycles. The smallest absolute Gasteiger partial charge is 0.246 e. The standard InChI is InChI=1S/C14H26N2O4S/c1-6-10-12(17)15-11(14(3,4)5)13(18)16(10)8-9-21(19,20)7-2/h10-11H,6-9H2,1-5H3,(H,15,17). The first-order valence-electron chi connectivity index (χ1n) is 7.34. The molecule has 7 heteroatoms. The van der Waals surface area contributed by atoms with E-state index in [0.29, 0.717) is 6.42 Å². The molecule has 2 atom stereocenters. The van der Waals surface area contributed by atoms with Gasteiger partial charge in [0.2, 0.25) is 11.8 Å². The van der Waals surface area contributed by atoms with Gasteiger partial charge in [0.05, 0.1) is 5.75 Å². The SMILES string of the molecule is CCC1C(=O)NC(C(C)(C)C)C(=O)N1CCS(=O)(=O)CC. The van der Waals surface area contributed by atoms with E-state index >= 15 is 0 Å². The summed E-state index contributed by atoms with van der Waals surface area (Å²) in [5.41, 5.74) is -0.409. The molecule has 1 aliphatic rings. The van der Waals surface area contributed by atoms with E-state index in [0.717, 1.165) is 0 Å². The Balaban J connectivity index is 2.99. The van der Waals surface area contributed by atoms with E-state index < -0.39 is 27.3 Å². The molecule has 1 aliphatic heterocycles. The van der Waals surface area contributed by atoms with Crippen LogP contribution in [0, 0.1) is 5.41 Å². The summed E-state index contributed by atoms with van der Waals surface area (Å²) in [5, 5.41) is 2.77. The molecule has 21 heavy (non-hydrogen) atoms. The van der Waals surface area contributed by atoms with Crippen LogP contribution in [0.25, 0.3) is 0 Å². The van der Waals surface area contributed by atoms with Crippen molar-refractivity contribution in [2.75, 3.05) is 18.1 Å². The number of hydrogen-bond acceptors (Lipinski definition) is 4. The lowest BCUT2D eigenvalue weighted by Gasteiger charge is -2.43. The number of nitrogens with one attached hydrogen (secondary N) is 1. The van der Waals surface area contributed by atoms with Crippen molar-refractivity contribution in [1.82, 2.24) is 10.2 Å². The third kappa shape index (κ3) is 4.18. The largest absolute Gasteiger partial charge is 0.342 e. The molecular weight excluding hydrogens is 292 g/mol. The lowest BCUT2D eigenvalue weighted by molar-refractivity contribution is -0.152. The van der Waals surface area contributed by atoms with Gasteiger partial charge in [-0.3, -0.25) is 9.59 Å². The Kier molecular flexibility index (Phi) is 5.41. The Bertz CT molecular complexity index is 508. The first-order valence-corrected chi connectivity index (χ1v) is 9.17. The highest BCUT2D eigenvalue weighted by atomic mass is 32.2. The van der Waals surface area contributed by atoms with Gasteiger partial charge in [0, 0.05) is 12.3 Å². The fraction of sp³-hybridized carbons (Fsp3) is 0.857. The molecule has 0 aromatic heterocycles. The molecule has 0 bridgehead atoms. The average molecular weight is 318 g/mol. The minimum atomic E-state index is -3.17. The molecule has 0 aromatic carbocycles. The molecular formula is C14H26N2O4S. The molecule has 0 radical (unpaired) electrons. The van der Waals surface area contributed by atoms with Gasteiger partial charge in [-0.05, 0) is 11.8 Å². The normalized spacial score (nSPS) is 24.1. The van der Waals surface area contributed by atoms with Gasteiger partial charge in [-0.2, -0.15) is 0 Å². The molecule has 0 aromatic rings. The second kappa shape index (κ2) is 6.34. The second-order valence-corrected chi connectivity index (χ2v) is 8.97. The van der Waals surface area contributed by atoms with Gasteiger partial charge in [0.15, 0.2) is 9.84 Å². The van der Waals surface area contributed by atoms with Crippen LogP contribution in [0.15, 0.2) is 0 Å². The van der Waals surface area contributed by atoms with Crippen molar-refractivity contribution >= 4 is 21.7 Å². The fourth-order valence-corrected chi connectivity index (χ4v) is 3.17. The molecule has 1 fully saturated rings. The van der Waals surface area contributed by atoms with Crippen LogP contribution in [-0.2, 0) is 19.4 Å². The molecule has 0 aliphatic carbocycles. The average Bonchev–Trinajstić information content (AvgIpc) is 2.37. The van der Waals surface area contributed by atoms with Crippen LogP contribution in [-0.4, -0.2) is 55.3 Å². The van der Waals surface area contributed by atoms with E-state index in [-0.39, 0.29) is 29.9 Å². The van der Waals surface area contributed by atoms with Crippen molar-refractivity contribution in [3.05, 3.63) is 0 Å². The molecule has 0 spiro atoms. The molecule has 2 amide bonds. The van der Waals surface area contributed by atoms with E-state index in [9.17, 15) is 18.0 Å². The maximum absolute atomic E-state index is 12.6. The van der Waals surface area contributed by atoms with Crippen LogP contribution in [0.4, 0.5) is 0 Å². The van der Waals surface area contributed by atoms with E-state index in [1.54, 1.807) is 6.92 Å². The van der Waals surface area contributed by atoms with Crippen LogP contribution < -0.4 is 5.32 Å². The van der Waals surface area contributed by atoms with E-state index in [4.69, 9.17) is 0 Å². The van der Waals surface area contributed by atoms with Gasteiger partial charge >= 0.3 is 0 Å². The number of piperazine rings is 1. The third-order valence-electron chi connectivity index (χ3n) is 3.83. The van der Waals surface area contributed by atoms with E-state index in [1.807, 2.05) is 27.7 Å². The van der Waals surface area contributed by atoms with Crippen molar-refractivity contribution in [1.29, 1.82) is 0 Å². The quantitative estimate of drug-likeness (QED) is 0.803. The highest BCUT2D eigenvalue weighted by Gasteiger charge is 2.44. The number of rotatable bonds is 5. The zero-order chi connectivity index (χ0) is 16.4. The summed E-state index contributed by atoms with van der Waals surface area (Å²) in [7, 11) is -3.17. The molecule has 122 valence electrons. The lowest BCUT2D eigenvalue weighted by atomic mass is 9.83. The summed E-state index contributed by atoms with van der Waals surface area (Å²) in [6.45, 7) is 9.11. The van der Waals surface area contributed by atoms with Crippen LogP contribution in [0.3, 0.4) is 0 Å². The van der Waals surface area contributed by atoms with Gasteiger partial charge in [-0.15, -0.1) is 0 Å². The third-order valence-corrected chi connectivity index (χ3v) is 5.52. The van der Waals surface area contributed by atoms with Crippen molar-refractivity contribution in [3.8, 4) is 0 Å². The van der Waals surface area contributed by atoms with Crippen LogP contribution >= 0.6 is 0 Å². The predicted octanol–water partition coefficient (Wildman–Crippen LogP) is 0.573. The van der Waals surface area contributed by atoms with Crippen LogP contribution in [0.1, 0.15) is 41.0 Å². The van der Waals surface area contributed by atoms with Crippen molar-refractivity contribution < 1.29 is 18.0 Å². The van der Waals surface area contributed by atoms with E-state index in [1.165, 1.54) is 4.90 Å². The van der Waals surface area contributed by atoms with Gasteiger partial charge in [0.1, 0.15) is 12.1 Å². The summed E-state index contributed by atoms with van der Waals surface area (Å²) in [6.07, 6.45) is 0.473. The number of carbonyl (C=O) groups is 2. The van der Waals surface area contributed by atoms with Gasteiger partial charge in [-0.25, -0.2) is 8.42 Å². The molecule has 1 N–H and O–H groups in total. The maximum Gasteiger partial charge on any atom is 0.246 e. The predicted molar refractivity (Wildman–Crippen MR) is 81.5 cm³/mol. The molecule has 2 unspecified atom stereocenters. The van der Waals surface area contributed by atoms with E-state index in [2.05, 4.69) is 5.32 Å². The summed E-state index contributed by atoms with van der Waals surface area (Å²) >= 11 is 0. The zero-order valence-corrected chi connectivity index (χ0v) is 14.3. The lowest BCUT2D eigenvalue weighted by Crippen LogP contribution is -2.66. The van der Waals surface area contributed by atoms with Gasteiger partial charge in [0.25, 0.3) is 0 Å². The van der Waals surface area contributed by atoms with Crippen molar-refractivity contribution in [3.63, 3.8) is 0 Å². The molecule has 1 rings (SSSR count). The number of nitrogens with zero attached hydrogens (tertiary/aromatic N) is 1.